The Labute approximate surface area is 100 Å². The maximum absolute atomic E-state index is 12.2. The molecule has 2 amide bonds. The highest BCUT2D eigenvalue weighted by Gasteiger charge is 2.41. The third kappa shape index (κ3) is 2.16. The van der Waals surface area contributed by atoms with Crippen molar-refractivity contribution >= 4 is 29.0 Å². The maximum atomic E-state index is 12.2. The average Bonchev–Trinajstić information content (AvgIpc) is 2.64. The molecular weight excluding hydrogens is 226 g/mol. The van der Waals surface area contributed by atoms with Crippen molar-refractivity contribution in [3.8, 4) is 0 Å². The highest BCUT2D eigenvalue weighted by molar-refractivity contribution is 7.80. The Kier molecular flexibility index (Phi) is 3.52. The number of carbonyl (C=O) groups is 2. The van der Waals surface area contributed by atoms with E-state index < -0.39 is 17.4 Å². The predicted molar refractivity (Wildman–Crippen MR) is 64.5 cm³/mol. The molecule has 4 N–H and O–H groups in total. The quantitative estimate of drug-likeness (QED) is 0.670. The highest BCUT2D eigenvalue weighted by Crippen LogP contribution is 2.26. The van der Waals surface area contributed by atoms with Crippen molar-refractivity contribution in [3.05, 3.63) is 0 Å². The maximum Gasteiger partial charge on any atom is 0.240 e. The van der Waals surface area contributed by atoms with Gasteiger partial charge in [0.05, 0.1) is 10.4 Å². The molecule has 16 heavy (non-hydrogen) atoms. The smallest absolute Gasteiger partial charge is 0.240 e. The number of carbonyl (C=O) groups excluding carboxylic acids is 2. The summed E-state index contributed by atoms with van der Waals surface area (Å²) in [5.41, 5.74) is 9.85. The minimum atomic E-state index is -0.923. The zero-order valence-electron chi connectivity index (χ0n) is 9.53. The lowest BCUT2D eigenvalue weighted by Crippen LogP contribution is -2.52. The van der Waals surface area contributed by atoms with Crippen molar-refractivity contribution in [3.63, 3.8) is 0 Å². The number of rotatable bonds is 3. The minimum absolute atomic E-state index is 0.132. The summed E-state index contributed by atoms with van der Waals surface area (Å²) in [6.07, 6.45) is 1.40. The number of nitrogens with zero attached hydrogens (tertiary/aromatic N) is 1. The van der Waals surface area contributed by atoms with Crippen LogP contribution in [0.1, 0.15) is 26.7 Å². The number of thiocarbonyl (C=S) groups is 1. The lowest BCUT2D eigenvalue weighted by molar-refractivity contribution is -0.141. The molecule has 0 saturated carbocycles. The number of hydrogen-bond acceptors (Lipinski definition) is 3. The summed E-state index contributed by atoms with van der Waals surface area (Å²) in [4.78, 5) is 25.0. The van der Waals surface area contributed by atoms with Gasteiger partial charge < -0.3 is 16.4 Å². The Hall–Kier alpha value is -1.17. The summed E-state index contributed by atoms with van der Waals surface area (Å²) in [7, 11) is 0. The van der Waals surface area contributed by atoms with Crippen LogP contribution in [0, 0.1) is 5.41 Å². The first kappa shape index (κ1) is 12.9. The van der Waals surface area contributed by atoms with Crippen molar-refractivity contribution in [2.75, 3.05) is 6.54 Å². The van der Waals surface area contributed by atoms with Crippen LogP contribution in [0.2, 0.25) is 0 Å². The van der Waals surface area contributed by atoms with E-state index in [1.807, 2.05) is 0 Å². The van der Waals surface area contributed by atoms with Crippen LogP contribution in [0.5, 0.6) is 0 Å². The second-order valence-corrected chi connectivity index (χ2v) is 4.99. The molecular formula is C10H17N3O2S. The van der Waals surface area contributed by atoms with Crippen LogP contribution in [0.4, 0.5) is 0 Å². The fraction of sp³-hybridized carbons (Fsp3) is 0.700. The molecule has 1 heterocycles. The summed E-state index contributed by atoms with van der Waals surface area (Å²) in [5.74, 6) is -0.689. The van der Waals surface area contributed by atoms with Gasteiger partial charge in [-0.2, -0.15) is 0 Å². The molecule has 6 heteroatoms. The Bertz CT molecular complexity index is 341. The normalized spacial score (nSPS) is 20.9. The van der Waals surface area contributed by atoms with Gasteiger partial charge in [0, 0.05) is 6.54 Å². The van der Waals surface area contributed by atoms with Gasteiger partial charge in [-0.25, -0.2) is 0 Å². The van der Waals surface area contributed by atoms with E-state index in [4.69, 9.17) is 23.7 Å². The van der Waals surface area contributed by atoms with Gasteiger partial charge in [-0.05, 0) is 26.7 Å². The van der Waals surface area contributed by atoms with Crippen molar-refractivity contribution in [1.82, 2.24) is 4.90 Å². The van der Waals surface area contributed by atoms with E-state index in [1.54, 1.807) is 13.8 Å². The molecule has 90 valence electrons. The lowest BCUT2D eigenvalue weighted by atomic mass is 9.91. The van der Waals surface area contributed by atoms with E-state index in [2.05, 4.69) is 0 Å². The van der Waals surface area contributed by atoms with Crippen LogP contribution in [-0.4, -0.2) is 34.3 Å². The molecule has 5 nitrogen and oxygen atoms in total. The number of hydrogen-bond donors (Lipinski definition) is 2. The Morgan fingerprint density at radius 1 is 1.38 bits per heavy atom. The Morgan fingerprint density at radius 3 is 2.38 bits per heavy atom. The first-order chi connectivity index (χ1) is 7.28. The van der Waals surface area contributed by atoms with Crippen LogP contribution < -0.4 is 11.5 Å². The summed E-state index contributed by atoms with van der Waals surface area (Å²) in [6.45, 7) is 3.86. The first-order valence-corrected chi connectivity index (χ1v) is 5.59. The van der Waals surface area contributed by atoms with Crippen LogP contribution in [0.15, 0.2) is 0 Å². The monoisotopic (exact) mass is 243 g/mol. The van der Waals surface area contributed by atoms with Gasteiger partial charge in [0.25, 0.3) is 0 Å². The first-order valence-electron chi connectivity index (χ1n) is 5.18. The van der Waals surface area contributed by atoms with Crippen LogP contribution in [-0.2, 0) is 9.59 Å². The van der Waals surface area contributed by atoms with Crippen LogP contribution in [0.25, 0.3) is 0 Å². The summed E-state index contributed by atoms with van der Waals surface area (Å²) >= 11 is 4.86. The fourth-order valence-corrected chi connectivity index (χ4v) is 1.86. The zero-order chi connectivity index (χ0) is 12.5. The van der Waals surface area contributed by atoms with Gasteiger partial charge >= 0.3 is 0 Å². The topological polar surface area (TPSA) is 89.4 Å². The number of amides is 2. The third-order valence-electron chi connectivity index (χ3n) is 2.99. The van der Waals surface area contributed by atoms with Gasteiger partial charge in [-0.1, -0.05) is 12.2 Å². The van der Waals surface area contributed by atoms with Crippen LogP contribution in [0.3, 0.4) is 0 Å². The van der Waals surface area contributed by atoms with Gasteiger partial charge in [-0.15, -0.1) is 0 Å². The van der Waals surface area contributed by atoms with E-state index in [1.165, 1.54) is 4.90 Å². The summed E-state index contributed by atoms with van der Waals surface area (Å²) in [5, 5.41) is 0. The van der Waals surface area contributed by atoms with Crippen molar-refractivity contribution in [2.24, 2.45) is 16.9 Å². The van der Waals surface area contributed by atoms with Gasteiger partial charge in [0.1, 0.15) is 6.04 Å². The second kappa shape index (κ2) is 4.37. The van der Waals surface area contributed by atoms with Gasteiger partial charge in [0.15, 0.2) is 0 Å². The molecule has 1 saturated heterocycles. The summed E-state index contributed by atoms with van der Waals surface area (Å²) in [6, 6.07) is -0.513. The Morgan fingerprint density at radius 2 is 1.94 bits per heavy atom. The highest BCUT2D eigenvalue weighted by atomic mass is 32.1. The third-order valence-corrected chi connectivity index (χ3v) is 3.50. The minimum Gasteiger partial charge on any atom is -0.392 e. The number of likely N-dealkylation sites (tertiary alicyclic amines) is 1. The van der Waals surface area contributed by atoms with Crippen molar-refractivity contribution < 1.29 is 9.59 Å². The molecule has 0 aromatic carbocycles. The van der Waals surface area contributed by atoms with Crippen molar-refractivity contribution in [1.29, 1.82) is 0 Å². The SMILES string of the molecule is CC(C)(C(=O)N1CCCC1C(N)=O)C(N)=S. The second-order valence-electron chi connectivity index (χ2n) is 4.55. The molecule has 0 aliphatic carbocycles. The molecule has 1 fully saturated rings. The van der Waals surface area contributed by atoms with E-state index in [-0.39, 0.29) is 10.9 Å². The van der Waals surface area contributed by atoms with E-state index in [9.17, 15) is 9.59 Å². The molecule has 0 bridgehead atoms. The predicted octanol–water partition coefficient (Wildman–Crippen LogP) is -0.225. The lowest BCUT2D eigenvalue weighted by Gasteiger charge is -2.31. The largest absolute Gasteiger partial charge is 0.392 e. The fourth-order valence-electron chi connectivity index (χ4n) is 1.77. The van der Waals surface area contributed by atoms with Gasteiger partial charge in [0.2, 0.25) is 11.8 Å². The molecule has 1 atom stereocenters. The molecule has 1 aliphatic heterocycles. The molecule has 0 aromatic heterocycles. The molecule has 1 rings (SSSR count). The summed E-state index contributed by atoms with van der Waals surface area (Å²) < 4.78 is 0. The van der Waals surface area contributed by atoms with E-state index in [0.29, 0.717) is 13.0 Å². The molecule has 0 radical (unpaired) electrons. The average molecular weight is 243 g/mol. The zero-order valence-corrected chi connectivity index (χ0v) is 10.3. The molecule has 0 aromatic rings. The molecule has 1 unspecified atom stereocenters. The standard InChI is InChI=1S/C10H17N3O2S/c1-10(2,8(12)16)9(15)13-5-3-4-6(13)7(11)14/h6H,3-5H2,1-2H3,(H2,11,14)(H2,12,16). The van der Waals surface area contributed by atoms with E-state index in [0.717, 1.165) is 6.42 Å². The Balaban J connectivity index is 2.89. The number of primary amides is 1. The van der Waals surface area contributed by atoms with Crippen molar-refractivity contribution in [2.45, 2.75) is 32.7 Å². The number of nitrogens with two attached hydrogens (primary N) is 2. The molecule has 0 spiro atoms. The van der Waals surface area contributed by atoms with Gasteiger partial charge in [-0.3, -0.25) is 9.59 Å². The van der Waals surface area contributed by atoms with Crippen LogP contribution >= 0.6 is 12.2 Å². The van der Waals surface area contributed by atoms with E-state index >= 15 is 0 Å². The molecule has 1 aliphatic rings.